The summed E-state index contributed by atoms with van der Waals surface area (Å²) in [5.41, 5.74) is 0. The Morgan fingerprint density at radius 2 is 1.80 bits per heavy atom. The first-order valence-electron chi connectivity index (χ1n) is 3.99. The Morgan fingerprint density at radius 1 is 1.20 bits per heavy atom. The average Bonchev–Trinajstić information content (AvgIpc) is 2.11. The van der Waals surface area contributed by atoms with Crippen LogP contribution in [0.3, 0.4) is 0 Å². The van der Waals surface area contributed by atoms with Gasteiger partial charge in [0.05, 0.1) is 13.0 Å². The fourth-order valence-corrected chi connectivity index (χ4v) is 0.624. The highest BCUT2D eigenvalue weighted by Crippen LogP contribution is 1.89. The number of halogens is 2. The molecule has 0 fully saturated rings. The van der Waals surface area contributed by atoms with E-state index < -0.39 is 37.3 Å². The molecule has 8 heteroatoms. The number of hydrogen-bond donors (Lipinski definition) is 3. The smallest absolute Gasteiger partial charge is 0.321 e. The quantitative estimate of drug-likeness (QED) is 0.609. The van der Waals surface area contributed by atoms with E-state index in [1.165, 1.54) is 0 Å². The van der Waals surface area contributed by atoms with Crippen LogP contribution in [0, 0.1) is 0 Å². The SMILES string of the molecule is O=C(O)CCC(=O)NC(=O)NCC(F)F. The summed E-state index contributed by atoms with van der Waals surface area (Å²) in [5.74, 6) is -2.01. The van der Waals surface area contributed by atoms with Gasteiger partial charge in [-0.25, -0.2) is 13.6 Å². The van der Waals surface area contributed by atoms with Crippen molar-refractivity contribution in [2.75, 3.05) is 6.54 Å². The molecular formula is C7H10F2N2O4. The zero-order valence-corrected chi connectivity index (χ0v) is 7.63. The Morgan fingerprint density at radius 3 is 2.27 bits per heavy atom. The molecule has 0 saturated carbocycles. The van der Waals surface area contributed by atoms with Gasteiger partial charge < -0.3 is 10.4 Å². The van der Waals surface area contributed by atoms with E-state index in [4.69, 9.17) is 5.11 Å². The summed E-state index contributed by atoms with van der Waals surface area (Å²) in [6.45, 7) is -0.863. The van der Waals surface area contributed by atoms with Crippen LogP contribution in [0.5, 0.6) is 0 Å². The second kappa shape index (κ2) is 6.68. The summed E-state index contributed by atoms with van der Waals surface area (Å²) in [7, 11) is 0. The molecule has 86 valence electrons. The van der Waals surface area contributed by atoms with Gasteiger partial charge in [0, 0.05) is 6.42 Å². The molecule has 0 bridgehead atoms. The highest BCUT2D eigenvalue weighted by atomic mass is 19.3. The molecule has 0 atom stereocenters. The number of aliphatic carboxylic acids is 1. The van der Waals surface area contributed by atoms with Crippen molar-refractivity contribution in [3.8, 4) is 0 Å². The number of alkyl halides is 2. The minimum Gasteiger partial charge on any atom is -0.481 e. The standard InChI is InChI=1S/C7H10F2N2O4/c8-4(9)3-10-7(15)11-5(12)1-2-6(13)14/h4H,1-3H2,(H,13,14)(H2,10,11,12,15). The molecule has 0 heterocycles. The molecule has 0 spiro atoms. The Bertz CT molecular complexity index is 257. The van der Waals surface area contributed by atoms with Crippen LogP contribution in [0.2, 0.25) is 0 Å². The van der Waals surface area contributed by atoms with Gasteiger partial charge in [-0.3, -0.25) is 14.9 Å². The number of carbonyl (C=O) groups excluding carboxylic acids is 2. The summed E-state index contributed by atoms with van der Waals surface area (Å²) in [4.78, 5) is 31.5. The van der Waals surface area contributed by atoms with Crippen molar-refractivity contribution in [1.29, 1.82) is 0 Å². The number of carbonyl (C=O) groups is 3. The van der Waals surface area contributed by atoms with E-state index in [0.717, 1.165) is 0 Å². The highest BCUT2D eigenvalue weighted by molar-refractivity contribution is 5.95. The minimum atomic E-state index is -2.70. The van der Waals surface area contributed by atoms with Crippen LogP contribution in [0.1, 0.15) is 12.8 Å². The first kappa shape index (κ1) is 13.3. The Labute approximate surface area is 83.6 Å². The van der Waals surface area contributed by atoms with Gasteiger partial charge in [-0.05, 0) is 0 Å². The molecule has 0 aliphatic heterocycles. The van der Waals surface area contributed by atoms with Crippen molar-refractivity contribution >= 4 is 17.9 Å². The van der Waals surface area contributed by atoms with E-state index in [0.29, 0.717) is 0 Å². The fourth-order valence-electron chi connectivity index (χ4n) is 0.624. The number of carboxylic acid groups (broad SMARTS) is 1. The number of nitrogens with one attached hydrogen (secondary N) is 2. The van der Waals surface area contributed by atoms with Gasteiger partial charge in [-0.1, -0.05) is 0 Å². The summed E-state index contributed by atoms with van der Waals surface area (Å²) in [5, 5.41) is 11.6. The molecule has 0 saturated heterocycles. The zero-order chi connectivity index (χ0) is 11.8. The summed E-state index contributed by atoms with van der Waals surface area (Å²) in [6.07, 6.45) is -3.50. The second-order valence-corrected chi connectivity index (χ2v) is 2.54. The summed E-state index contributed by atoms with van der Waals surface area (Å²) >= 11 is 0. The van der Waals surface area contributed by atoms with Crippen LogP contribution in [-0.4, -0.2) is 36.0 Å². The van der Waals surface area contributed by atoms with Crippen LogP contribution in [-0.2, 0) is 9.59 Å². The molecule has 6 nitrogen and oxygen atoms in total. The summed E-state index contributed by atoms with van der Waals surface area (Å²) < 4.78 is 23.2. The predicted octanol–water partition coefficient (Wildman–Crippen LogP) is -0.0579. The maximum atomic E-state index is 11.6. The predicted molar refractivity (Wildman–Crippen MR) is 44.4 cm³/mol. The lowest BCUT2D eigenvalue weighted by molar-refractivity contribution is -0.138. The first-order valence-corrected chi connectivity index (χ1v) is 3.99. The van der Waals surface area contributed by atoms with Crippen LogP contribution < -0.4 is 10.6 Å². The fraction of sp³-hybridized carbons (Fsp3) is 0.571. The molecule has 0 aromatic carbocycles. The van der Waals surface area contributed by atoms with Gasteiger partial charge >= 0.3 is 12.0 Å². The number of rotatable bonds is 5. The number of urea groups is 1. The third kappa shape index (κ3) is 8.60. The van der Waals surface area contributed by atoms with Crippen LogP contribution in [0.4, 0.5) is 13.6 Å². The van der Waals surface area contributed by atoms with Crippen molar-refractivity contribution < 1.29 is 28.3 Å². The van der Waals surface area contributed by atoms with E-state index in [2.05, 4.69) is 0 Å². The third-order valence-electron chi connectivity index (χ3n) is 1.24. The van der Waals surface area contributed by atoms with Crippen LogP contribution >= 0.6 is 0 Å². The van der Waals surface area contributed by atoms with Crippen molar-refractivity contribution in [2.45, 2.75) is 19.3 Å². The van der Waals surface area contributed by atoms with Crippen molar-refractivity contribution in [3.63, 3.8) is 0 Å². The maximum Gasteiger partial charge on any atom is 0.321 e. The molecule has 0 radical (unpaired) electrons. The number of hydrogen-bond acceptors (Lipinski definition) is 3. The third-order valence-corrected chi connectivity index (χ3v) is 1.24. The molecule has 0 aromatic heterocycles. The van der Waals surface area contributed by atoms with Gasteiger partial charge in [-0.2, -0.15) is 0 Å². The highest BCUT2D eigenvalue weighted by Gasteiger charge is 2.10. The van der Waals surface area contributed by atoms with E-state index in [-0.39, 0.29) is 6.42 Å². The molecule has 3 amide bonds. The van der Waals surface area contributed by atoms with Gasteiger partial charge in [0.2, 0.25) is 5.91 Å². The van der Waals surface area contributed by atoms with Gasteiger partial charge in [-0.15, -0.1) is 0 Å². The number of imide groups is 1. The van der Waals surface area contributed by atoms with E-state index in [1.807, 2.05) is 0 Å². The summed E-state index contributed by atoms with van der Waals surface area (Å²) in [6, 6.07) is -1.06. The second-order valence-electron chi connectivity index (χ2n) is 2.54. The lowest BCUT2D eigenvalue weighted by atomic mass is 10.3. The van der Waals surface area contributed by atoms with Crippen LogP contribution in [0.15, 0.2) is 0 Å². The first-order chi connectivity index (χ1) is 6.91. The topological polar surface area (TPSA) is 95.5 Å². The average molecular weight is 224 g/mol. The molecule has 0 aliphatic rings. The largest absolute Gasteiger partial charge is 0.481 e. The van der Waals surface area contributed by atoms with E-state index in [9.17, 15) is 23.2 Å². The van der Waals surface area contributed by atoms with E-state index >= 15 is 0 Å². The maximum absolute atomic E-state index is 11.6. The van der Waals surface area contributed by atoms with Gasteiger partial charge in [0.25, 0.3) is 6.43 Å². The zero-order valence-electron chi connectivity index (χ0n) is 7.63. The normalized spacial score (nSPS) is 9.80. The van der Waals surface area contributed by atoms with Gasteiger partial charge in [0.15, 0.2) is 0 Å². The number of carboxylic acids is 1. The van der Waals surface area contributed by atoms with E-state index in [1.54, 1.807) is 10.6 Å². The van der Waals surface area contributed by atoms with Crippen molar-refractivity contribution in [2.24, 2.45) is 0 Å². The Hall–Kier alpha value is -1.73. The monoisotopic (exact) mass is 224 g/mol. The van der Waals surface area contributed by atoms with Crippen molar-refractivity contribution in [1.82, 2.24) is 10.6 Å². The lowest BCUT2D eigenvalue weighted by Gasteiger charge is -2.04. The van der Waals surface area contributed by atoms with Crippen molar-refractivity contribution in [3.05, 3.63) is 0 Å². The molecule has 0 rings (SSSR count). The molecule has 15 heavy (non-hydrogen) atoms. The molecule has 0 aromatic rings. The molecular weight excluding hydrogens is 214 g/mol. The molecule has 3 N–H and O–H groups in total. The molecule has 0 aliphatic carbocycles. The van der Waals surface area contributed by atoms with Crippen LogP contribution in [0.25, 0.3) is 0 Å². The number of amides is 3. The minimum absolute atomic E-state index is 0.378. The Balaban J connectivity index is 3.67. The Kier molecular flexibility index (Phi) is 5.91. The molecule has 0 unspecified atom stereocenters. The lowest BCUT2D eigenvalue weighted by Crippen LogP contribution is -2.41. The van der Waals surface area contributed by atoms with Gasteiger partial charge in [0.1, 0.15) is 0 Å².